The predicted octanol–water partition coefficient (Wildman–Crippen LogP) is 2.13. The van der Waals surface area contributed by atoms with E-state index in [0.29, 0.717) is 31.1 Å². The van der Waals surface area contributed by atoms with Crippen molar-refractivity contribution >= 4 is 35.0 Å². The Hall–Kier alpha value is -2.77. The number of nitrogens with two attached hydrogens (primary N) is 1. The van der Waals surface area contributed by atoms with E-state index in [1.165, 1.54) is 0 Å². The molecule has 3 aromatic rings. The van der Waals surface area contributed by atoms with E-state index in [1.807, 2.05) is 24.3 Å². The number of ether oxygens (including phenoxy) is 1. The Kier molecular flexibility index (Phi) is 7.04. The lowest BCUT2D eigenvalue weighted by Gasteiger charge is -2.08. The van der Waals surface area contributed by atoms with E-state index >= 15 is 0 Å². The minimum Gasteiger partial charge on any atom is -0.492 e. The normalized spacial score (nSPS) is 10.4. The number of halogens is 1. The van der Waals surface area contributed by atoms with Crippen LogP contribution in [0.5, 0.6) is 5.75 Å². The van der Waals surface area contributed by atoms with Crippen LogP contribution in [0.25, 0.3) is 11.0 Å². The molecule has 0 unspecified atom stereocenters. The molecule has 2 aromatic carbocycles. The van der Waals surface area contributed by atoms with Crippen molar-refractivity contribution in [3.05, 3.63) is 59.0 Å². The number of hydrogen-bond acceptors (Lipinski definition) is 4. The van der Waals surface area contributed by atoms with Gasteiger partial charge in [0.1, 0.15) is 12.4 Å². The van der Waals surface area contributed by atoms with Crippen molar-refractivity contribution in [3.8, 4) is 5.75 Å². The fourth-order valence-electron chi connectivity index (χ4n) is 2.83. The van der Waals surface area contributed by atoms with Crippen molar-refractivity contribution in [2.75, 3.05) is 18.5 Å². The first-order valence-corrected chi connectivity index (χ1v) is 8.47. The Morgan fingerprint density at radius 1 is 1.11 bits per heavy atom. The lowest BCUT2D eigenvalue weighted by atomic mass is 10.3. The van der Waals surface area contributed by atoms with Gasteiger partial charge in [-0.2, -0.15) is 0 Å². The molecule has 3 N–H and O–H groups in total. The van der Waals surface area contributed by atoms with Crippen LogP contribution >= 0.6 is 12.4 Å². The number of nitrogens with zero attached hydrogens (tertiary/aromatic N) is 2. The van der Waals surface area contributed by atoms with Crippen LogP contribution in [-0.2, 0) is 18.4 Å². The SMILES string of the molecule is Cl.Cn1c(=O)n(CCC(=O)Nc2ccc(OCCN)cc2)c2ccccc21. The number of amides is 1. The number of anilines is 1. The van der Waals surface area contributed by atoms with Crippen LogP contribution < -0.4 is 21.5 Å². The van der Waals surface area contributed by atoms with Crippen molar-refractivity contribution in [2.24, 2.45) is 12.8 Å². The number of imidazole rings is 1. The molecule has 1 amide bonds. The summed E-state index contributed by atoms with van der Waals surface area (Å²) in [5.74, 6) is 0.552. The highest BCUT2D eigenvalue weighted by Gasteiger charge is 2.11. The van der Waals surface area contributed by atoms with E-state index < -0.39 is 0 Å². The molecular formula is C19H23ClN4O3. The number of nitrogens with one attached hydrogen (secondary N) is 1. The van der Waals surface area contributed by atoms with Gasteiger partial charge in [-0.1, -0.05) is 12.1 Å². The summed E-state index contributed by atoms with van der Waals surface area (Å²) < 4.78 is 8.61. The van der Waals surface area contributed by atoms with Gasteiger partial charge in [-0.25, -0.2) is 4.79 Å². The summed E-state index contributed by atoms with van der Waals surface area (Å²) in [6.07, 6.45) is 0.208. The second-order valence-electron chi connectivity index (χ2n) is 5.94. The van der Waals surface area contributed by atoms with Gasteiger partial charge in [0.15, 0.2) is 0 Å². The van der Waals surface area contributed by atoms with Gasteiger partial charge in [-0.15, -0.1) is 12.4 Å². The van der Waals surface area contributed by atoms with Crippen LogP contribution in [0, 0.1) is 0 Å². The van der Waals surface area contributed by atoms with Gasteiger partial charge in [-0.3, -0.25) is 13.9 Å². The van der Waals surface area contributed by atoms with Crippen LogP contribution in [0.15, 0.2) is 53.3 Å². The van der Waals surface area contributed by atoms with E-state index in [4.69, 9.17) is 10.5 Å². The Morgan fingerprint density at radius 3 is 2.44 bits per heavy atom. The maximum atomic E-state index is 12.4. The third kappa shape index (κ3) is 4.69. The molecule has 3 rings (SSSR count). The molecular weight excluding hydrogens is 368 g/mol. The van der Waals surface area contributed by atoms with Gasteiger partial charge in [0.25, 0.3) is 0 Å². The average Bonchev–Trinajstić information content (AvgIpc) is 2.90. The number of para-hydroxylation sites is 2. The molecule has 7 nitrogen and oxygen atoms in total. The predicted molar refractivity (Wildman–Crippen MR) is 109 cm³/mol. The number of rotatable bonds is 7. The molecule has 0 radical (unpaired) electrons. The molecule has 8 heteroatoms. The Labute approximate surface area is 163 Å². The van der Waals surface area contributed by atoms with Crippen LogP contribution in [0.1, 0.15) is 6.42 Å². The lowest BCUT2D eigenvalue weighted by molar-refractivity contribution is -0.116. The first-order chi connectivity index (χ1) is 12.6. The van der Waals surface area contributed by atoms with E-state index in [1.54, 1.807) is 40.4 Å². The standard InChI is InChI=1S/C19H22N4O3.ClH/c1-22-16-4-2-3-5-17(16)23(19(22)25)12-10-18(24)21-14-6-8-15(9-7-14)26-13-11-20;/h2-9H,10-13,20H2,1H3,(H,21,24);1H. The Morgan fingerprint density at radius 2 is 1.78 bits per heavy atom. The van der Waals surface area contributed by atoms with Crippen molar-refractivity contribution in [1.29, 1.82) is 0 Å². The van der Waals surface area contributed by atoms with Crippen molar-refractivity contribution in [1.82, 2.24) is 9.13 Å². The maximum Gasteiger partial charge on any atom is 0.328 e. The van der Waals surface area contributed by atoms with Gasteiger partial charge < -0.3 is 15.8 Å². The number of aryl methyl sites for hydroxylation is 2. The molecule has 1 aromatic heterocycles. The number of carbonyl (C=O) groups is 1. The number of aromatic nitrogens is 2. The number of benzene rings is 2. The van der Waals surface area contributed by atoms with Crippen molar-refractivity contribution < 1.29 is 9.53 Å². The van der Waals surface area contributed by atoms with Gasteiger partial charge in [0.2, 0.25) is 5.91 Å². The van der Waals surface area contributed by atoms with Crippen LogP contribution in [0.4, 0.5) is 5.69 Å². The molecule has 0 bridgehead atoms. The molecule has 0 spiro atoms. The first-order valence-electron chi connectivity index (χ1n) is 8.47. The van der Waals surface area contributed by atoms with E-state index in [2.05, 4.69) is 5.32 Å². The number of hydrogen-bond donors (Lipinski definition) is 2. The maximum absolute atomic E-state index is 12.4. The Balaban J connectivity index is 0.00000261. The highest BCUT2D eigenvalue weighted by molar-refractivity contribution is 5.90. The topological polar surface area (TPSA) is 91.3 Å². The van der Waals surface area contributed by atoms with Crippen molar-refractivity contribution in [3.63, 3.8) is 0 Å². The van der Waals surface area contributed by atoms with Crippen molar-refractivity contribution in [2.45, 2.75) is 13.0 Å². The van der Waals surface area contributed by atoms with Gasteiger partial charge in [0.05, 0.1) is 11.0 Å². The zero-order chi connectivity index (χ0) is 18.5. The molecule has 0 saturated heterocycles. The Bertz CT molecular complexity index is 963. The summed E-state index contributed by atoms with van der Waals surface area (Å²) in [7, 11) is 1.73. The highest BCUT2D eigenvalue weighted by Crippen LogP contribution is 2.16. The first kappa shape index (κ1) is 20.5. The van der Waals surface area contributed by atoms with E-state index in [-0.39, 0.29) is 30.4 Å². The zero-order valence-corrected chi connectivity index (χ0v) is 15.9. The highest BCUT2D eigenvalue weighted by atomic mass is 35.5. The van der Waals surface area contributed by atoms with Gasteiger partial charge >= 0.3 is 5.69 Å². The summed E-state index contributed by atoms with van der Waals surface area (Å²) in [4.78, 5) is 24.6. The monoisotopic (exact) mass is 390 g/mol. The van der Waals surface area contributed by atoms with E-state index in [0.717, 1.165) is 11.0 Å². The average molecular weight is 391 g/mol. The second-order valence-corrected chi connectivity index (χ2v) is 5.94. The fourth-order valence-corrected chi connectivity index (χ4v) is 2.83. The minimum atomic E-state index is -0.152. The summed E-state index contributed by atoms with van der Waals surface area (Å²) >= 11 is 0. The zero-order valence-electron chi connectivity index (χ0n) is 15.1. The van der Waals surface area contributed by atoms with Crippen LogP contribution in [0.2, 0.25) is 0 Å². The summed E-state index contributed by atoms with van der Waals surface area (Å²) in [5, 5.41) is 2.83. The van der Waals surface area contributed by atoms with Crippen LogP contribution in [-0.4, -0.2) is 28.2 Å². The molecule has 1 heterocycles. The van der Waals surface area contributed by atoms with Gasteiger partial charge in [0, 0.05) is 32.2 Å². The summed E-state index contributed by atoms with van der Waals surface area (Å²) in [6, 6.07) is 14.6. The fraction of sp³-hybridized carbons (Fsp3) is 0.263. The largest absolute Gasteiger partial charge is 0.492 e. The lowest BCUT2D eigenvalue weighted by Crippen LogP contribution is -2.24. The molecule has 0 aliphatic rings. The quantitative estimate of drug-likeness (QED) is 0.646. The summed E-state index contributed by atoms with van der Waals surface area (Å²) in [6.45, 7) is 1.22. The van der Waals surface area contributed by atoms with E-state index in [9.17, 15) is 9.59 Å². The molecule has 0 aliphatic carbocycles. The molecule has 0 saturated carbocycles. The molecule has 27 heavy (non-hydrogen) atoms. The second kappa shape index (κ2) is 9.25. The summed E-state index contributed by atoms with van der Waals surface area (Å²) in [5.41, 5.74) is 7.63. The third-order valence-corrected chi connectivity index (χ3v) is 4.14. The number of carbonyl (C=O) groups excluding carboxylic acids is 1. The molecule has 0 fully saturated rings. The third-order valence-electron chi connectivity index (χ3n) is 4.14. The number of fused-ring (bicyclic) bond motifs is 1. The van der Waals surface area contributed by atoms with Crippen LogP contribution in [0.3, 0.4) is 0 Å². The minimum absolute atomic E-state index is 0. The molecule has 0 aliphatic heterocycles. The smallest absolute Gasteiger partial charge is 0.328 e. The molecule has 0 atom stereocenters. The molecule has 144 valence electrons. The van der Waals surface area contributed by atoms with Gasteiger partial charge in [-0.05, 0) is 36.4 Å².